The van der Waals surface area contributed by atoms with E-state index in [4.69, 9.17) is 20.2 Å². The molecule has 1 aliphatic heterocycles. The summed E-state index contributed by atoms with van der Waals surface area (Å²) in [5, 5.41) is 18.3. The first kappa shape index (κ1) is 16.2. The third-order valence-electron chi connectivity index (χ3n) is 2.09. The van der Waals surface area contributed by atoms with Crippen LogP contribution < -0.4 is 5.32 Å². The highest BCUT2D eigenvalue weighted by atomic mass is 17.1. The maximum absolute atomic E-state index is 11.3. The average Bonchev–Trinajstić information content (AvgIpc) is 1.92. The summed E-state index contributed by atoms with van der Waals surface area (Å²) < 4.78 is 0. The van der Waals surface area contributed by atoms with Crippen molar-refractivity contribution < 1.29 is 19.9 Å². The van der Waals surface area contributed by atoms with Gasteiger partial charge in [-0.05, 0) is 27.7 Å². The van der Waals surface area contributed by atoms with Gasteiger partial charge in [0, 0.05) is 28.9 Å². The molecule has 0 bridgehead atoms. The number of piperidine rings is 1. The Bertz CT molecular complexity index is 322. The van der Waals surface area contributed by atoms with Gasteiger partial charge >= 0.3 is 10.2 Å². The Balaban J connectivity index is 0.000000360. The zero-order valence-electron chi connectivity index (χ0n) is 10.8. The smallest absolute Gasteiger partial charge is 0.306 e. The van der Waals surface area contributed by atoms with E-state index in [1.807, 2.05) is 0 Å². The molecule has 0 aromatic rings. The Morgan fingerprint density at radius 3 is 1.56 bits per heavy atom. The second-order valence-corrected chi connectivity index (χ2v) is 5.31. The quantitative estimate of drug-likeness (QED) is 0.579. The lowest BCUT2D eigenvalue weighted by atomic mass is 9.82. The van der Waals surface area contributed by atoms with Crippen LogP contribution in [0.3, 0.4) is 0 Å². The zero-order valence-corrected chi connectivity index (χ0v) is 10.8. The normalized spacial score (nSPS) is 20.3. The van der Waals surface area contributed by atoms with Crippen LogP contribution in [0, 0.1) is 20.2 Å². The lowest BCUT2D eigenvalue weighted by Gasteiger charge is -2.41. The second-order valence-electron chi connectivity index (χ2n) is 5.31. The van der Waals surface area contributed by atoms with Crippen LogP contribution in [0.5, 0.6) is 0 Å². The van der Waals surface area contributed by atoms with Gasteiger partial charge in [-0.15, -0.1) is 20.2 Å². The minimum absolute atomic E-state index is 0.0150. The van der Waals surface area contributed by atoms with Crippen LogP contribution in [0.4, 0.5) is 0 Å². The third kappa shape index (κ3) is 7.49. The molecule has 18 heavy (non-hydrogen) atoms. The van der Waals surface area contributed by atoms with E-state index in [9.17, 15) is 4.79 Å². The molecule has 9 heteroatoms. The van der Waals surface area contributed by atoms with Gasteiger partial charge in [-0.1, -0.05) is 0 Å². The molecule has 0 radical (unpaired) electrons. The van der Waals surface area contributed by atoms with Gasteiger partial charge in [0.25, 0.3) is 0 Å². The van der Waals surface area contributed by atoms with E-state index in [0.29, 0.717) is 18.6 Å². The highest BCUT2D eigenvalue weighted by Gasteiger charge is 2.36. The van der Waals surface area contributed by atoms with Crippen molar-refractivity contribution in [2.45, 2.75) is 51.6 Å². The van der Waals surface area contributed by atoms with E-state index >= 15 is 0 Å². The maximum atomic E-state index is 11.3. The predicted molar refractivity (Wildman–Crippen MR) is 60.6 cm³/mol. The minimum atomic E-state index is -1.50. The molecule has 0 unspecified atom stereocenters. The molecule has 1 heterocycles. The summed E-state index contributed by atoms with van der Waals surface area (Å²) in [6.45, 7) is 8.30. The van der Waals surface area contributed by atoms with Crippen LogP contribution in [-0.4, -0.2) is 27.0 Å². The van der Waals surface area contributed by atoms with Crippen LogP contribution >= 0.6 is 0 Å². The van der Waals surface area contributed by atoms with E-state index in [1.165, 1.54) is 0 Å². The van der Waals surface area contributed by atoms with Gasteiger partial charge in [-0.25, -0.2) is 0 Å². The van der Waals surface area contributed by atoms with Crippen LogP contribution in [0.25, 0.3) is 0 Å². The fourth-order valence-electron chi connectivity index (χ4n) is 2.11. The first-order chi connectivity index (χ1) is 7.93. The molecule has 104 valence electrons. The predicted octanol–water partition coefficient (Wildman–Crippen LogP) is 0.883. The first-order valence-electron chi connectivity index (χ1n) is 5.21. The van der Waals surface area contributed by atoms with E-state index in [1.54, 1.807) is 0 Å². The van der Waals surface area contributed by atoms with Gasteiger partial charge in [-0.3, -0.25) is 4.79 Å². The zero-order chi connectivity index (χ0) is 14.6. The maximum Gasteiger partial charge on any atom is 0.356 e. The molecule has 1 aliphatic rings. The Kier molecular flexibility index (Phi) is 5.15. The van der Waals surface area contributed by atoms with Gasteiger partial charge in [-0.2, -0.15) is 0 Å². The van der Waals surface area contributed by atoms with E-state index in [0.717, 1.165) is 0 Å². The first-order valence-corrected chi connectivity index (χ1v) is 5.21. The summed E-state index contributed by atoms with van der Waals surface area (Å²) in [5.41, 5.74) is -0.0301. The molecular weight excluding hydrogens is 246 g/mol. The Labute approximate surface area is 104 Å². The average molecular weight is 263 g/mol. The van der Waals surface area contributed by atoms with Gasteiger partial charge in [0.05, 0.1) is 0 Å². The summed E-state index contributed by atoms with van der Waals surface area (Å²) in [5.74, 6) is 0.374. The molecule has 9 nitrogen and oxygen atoms in total. The topological polar surface area (TPSA) is 125 Å². The lowest BCUT2D eigenvalue weighted by molar-refractivity contribution is -1.03. The fraction of sp³-hybridized carbons (Fsp3) is 0.889. The molecule has 0 saturated carbocycles. The number of carbonyl (C=O) groups is 1. The van der Waals surface area contributed by atoms with Gasteiger partial charge in [0.15, 0.2) is 0 Å². The molecule has 1 fully saturated rings. The number of rotatable bonds is 2. The number of nitrogens with one attached hydrogen (secondary N) is 1. The number of nitrogens with zero attached hydrogens (tertiary/aromatic N) is 2. The van der Waals surface area contributed by atoms with Crippen molar-refractivity contribution in [3.05, 3.63) is 20.2 Å². The second kappa shape index (κ2) is 5.71. The van der Waals surface area contributed by atoms with Crippen molar-refractivity contribution in [3.63, 3.8) is 0 Å². The fourth-order valence-corrected chi connectivity index (χ4v) is 2.11. The molecule has 0 aromatic heterocycles. The van der Waals surface area contributed by atoms with Gasteiger partial charge in [0.1, 0.15) is 5.78 Å². The summed E-state index contributed by atoms with van der Waals surface area (Å²) >= 11 is 0. The standard InChI is InChI=1S/C9H17NO.N2O5/c1-8(2)5-7(11)6-9(3,4)10-8;3-1(4)7-2(5)6/h10H,5-6H2,1-4H3;. The number of carbonyl (C=O) groups excluding carboxylic acids is 1. The molecule has 1 N–H and O–H groups in total. The molecule has 0 aromatic carbocycles. The molecule has 1 rings (SSSR count). The van der Waals surface area contributed by atoms with E-state index in [2.05, 4.69) is 38.0 Å². The van der Waals surface area contributed by atoms with Crippen molar-refractivity contribution in [1.29, 1.82) is 0 Å². The van der Waals surface area contributed by atoms with Crippen molar-refractivity contribution in [3.8, 4) is 0 Å². The molecule has 1 saturated heterocycles. The lowest BCUT2D eigenvalue weighted by Crippen LogP contribution is -2.58. The highest BCUT2D eigenvalue weighted by Crippen LogP contribution is 2.25. The molecule has 0 spiro atoms. The summed E-state index contributed by atoms with van der Waals surface area (Å²) in [7, 11) is 0. The monoisotopic (exact) mass is 263 g/mol. The van der Waals surface area contributed by atoms with Crippen molar-refractivity contribution in [1.82, 2.24) is 5.32 Å². The van der Waals surface area contributed by atoms with Crippen LogP contribution in [-0.2, 0) is 9.73 Å². The van der Waals surface area contributed by atoms with Crippen LogP contribution in [0.15, 0.2) is 0 Å². The number of hydrogen-bond donors (Lipinski definition) is 1. The molecule has 0 aliphatic carbocycles. The molecule has 0 amide bonds. The highest BCUT2D eigenvalue weighted by molar-refractivity contribution is 5.81. The Morgan fingerprint density at radius 1 is 1.06 bits per heavy atom. The summed E-state index contributed by atoms with van der Waals surface area (Å²) in [4.78, 5) is 31.9. The van der Waals surface area contributed by atoms with E-state index in [-0.39, 0.29) is 11.1 Å². The summed E-state index contributed by atoms with van der Waals surface area (Å²) in [6.07, 6.45) is 1.33. The summed E-state index contributed by atoms with van der Waals surface area (Å²) in [6, 6.07) is 0. The minimum Gasteiger partial charge on any atom is -0.306 e. The number of ketones is 1. The van der Waals surface area contributed by atoms with Crippen LogP contribution in [0.2, 0.25) is 0 Å². The third-order valence-corrected chi connectivity index (χ3v) is 2.09. The van der Waals surface area contributed by atoms with E-state index < -0.39 is 10.2 Å². The SMILES string of the molecule is CC1(C)CC(=O)CC(C)(C)N1.O=[N+]([O-])O[N+](=O)[O-]. The number of hydrogen-bond acceptors (Lipinski definition) is 7. The number of Topliss-reactive ketones (excluding diaryl/α,β-unsaturated/α-hetero) is 1. The van der Waals surface area contributed by atoms with Crippen molar-refractivity contribution >= 4 is 5.78 Å². The van der Waals surface area contributed by atoms with Crippen molar-refractivity contribution in [2.75, 3.05) is 0 Å². The largest absolute Gasteiger partial charge is 0.356 e. The Morgan fingerprint density at radius 2 is 1.39 bits per heavy atom. The molecular formula is C9H17N3O6. The van der Waals surface area contributed by atoms with Gasteiger partial charge in [0.2, 0.25) is 0 Å². The van der Waals surface area contributed by atoms with Crippen molar-refractivity contribution in [2.24, 2.45) is 0 Å². The molecule has 0 atom stereocenters. The van der Waals surface area contributed by atoms with Gasteiger partial charge < -0.3 is 5.32 Å². The Hall–Kier alpha value is -1.77. The van der Waals surface area contributed by atoms with Crippen LogP contribution in [0.1, 0.15) is 40.5 Å².